The van der Waals surface area contributed by atoms with Crippen LogP contribution in [0.1, 0.15) is 32.6 Å². The van der Waals surface area contributed by atoms with Crippen LogP contribution in [0.15, 0.2) is 34.2 Å². The summed E-state index contributed by atoms with van der Waals surface area (Å²) in [5, 5.41) is 0.577. The molecular formula is C20H25N3O4S. The summed E-state index contributed by atoms with van der Waals surface area (Å²) in [5.74, 6) is -0.333. The van der Waals surface area contributed by atoms with E-state index in [2.05, 4.69) is 4.98 Å². The van der Waals surface area contributed by atoms with Crippen LogP contribution in [0.2, 0.25) is 0 Å². The van der Waals surface area contributed by atoms with Gasteiger partial charge >= 0.3 is 5.97 Å². The summed E-state index contributed by atoms with van der Waals surface area (Å²) in [4.78, 5) is 43.8. The Kier molecular flexibility index (Phi) is 6.72. The van der Waals surface area contributed by atoms with Gasteiger partial charge in [-0.25, -0.2) is 4.98 Å². The van der Waals surface area contributed by atoms with Crippen LogP contribution in [0, 0.1) is 0 Å². The normalized spacial score (nSPS) is 15.4. The van der Waals surface area contributed by atoms with Crippen LogP contribution in [0.25, 0.3) is 10.9 Å². The van der Waals surface area contributed by atoms with Crippen molar-refractivity contribution < 1.29 is 14.3 Å². The highest BCUT2D eigenvalue weighted by atomic mass is 32.2. The minimum atomic E-state index is -0.395. The summed E-state index contributed by atoms with van der Waals surface area (Å²) in [7, 11) is 1.32. The number of thioether (sulfide) groups is 1. The number of carbonyl (C=O) groups is 2. The van der Waals surface area contributed by atoms with Crippen LogP contribution >= 0.6 is 11.8 Å². The molecule has 1 aromatic carbocycles. The largest absolute Gasteiger partial charge is 0.469 e. The van der Waals surface area contributed by atoms with Gasteiger partial charge in [0.05, 0.1) is 29.7 Å². The summed E-state index contributed by atoms with van der Waals surface area (Å²) in [6.07, 6.45) is 3.28. The van der Waals surface area contributed by atoms with Crippen LogP contribution in [0.5, 0.6) is 0 Å². The molecule has 2 aromatic rings. The van der Waals surface area contributed by atoms with Crippen molar-refractivity contribution in [3.8, 4) is 0 Å². The maximum absolute atomic E-state index is 13.0. The van der Waals surface area contributed by atoms with Gasteiger partial charge in [-0.15, -0.1) is 0 Å². The molecule has 0 unspecified atom stereocenters. The monoisotopic (exact) mass is 403 g/mol. The van der Waals surface area contributed by atoms with Gasteiger partial charge in [-0.3, -0.25) is 19.0 Å². The Hall–Kier alpha value is -2.35. The Morgan fingerprint density at radius 1 is 1.21 bits per heavy atom. The van der Waals surface area contributed by atoms with Gasteiger partial charge in [0, 0.05) is 19.6 Å². The molecule has 0 spiro atoms. The van der Waals surface area contributed by atoms with Crippen LogP contribution in [0.4, 0.5) is 0 Å². The van der Waals surface area contributed by atoms with Crippen LogP contribution in [-0.2, 0) is 20.9 Å². The Balaban J connectivity index is 1.90. The minimum absolute atomic E-state index is 0.0617. The van der Waals surface area contributed by atoms with E-state index in [0.717, 1.165) is 32.4 Å². The third kappa shape index (κ3) is 4.55. The van der Waals surface area contributed by atoms with Gasteiger partial charge in [0.15, 0.2) is 5.16 Å². The molecule has 1 aliphatic rings. The molecule has 1 saturated heterocycles. The van der Waals surface area contributed by atoms with Gasteiger partial charge in [-0.2, -0.15) is 0 Å². The van der Waals surface area contributed by atoms with E-state index >= 15 is 0 Å². The minimum Gasteiger partial charge on any atom is -0.469 e. The Morgan fingerprint density at radius 3 is 2.64 bits per heavy atom. The third-order valence-electron chi connectivity index (χ3n) is 4.89. The number of ether oxygens (including phenoxy) is 1. The SMILES string of the molecule is COC(=O)CCn1c(S[C@H](C)C(=O)N2CCCCC2)nc2ccccc2c1=O. The number of amides is 1. The number of para-hydroxylation sites is 1. The van der Waals surface area contributed by atoms with Gasteiger partial charge in [-0.1, -0.05) is 23.9 Å². The molecule has 1 aromatic heterocycles. The first-order chi connectivity index (χ1) is 13.5. The number of aromatic nitrogens is 2. The Bertz CT molecular complexity index is 921. The lowest BCUT2D eigenvalue weighted by atomic mass is 10.1. The molecule has 28 heavy (non-hydrogen) atoms. The molecule has 150 valence electrons. The number of benzene rings is 1. The number of carbonyl (C=O) groups excluding carboxylic acids is 2. The van der Waals surface area contributed by atoms with Gasteiger partial charge in [0.2, 0.25) is 5.91 Å². The van der Waals surface area contributed by atoms with Crippen LogP contribution in [-0.4, -0.2) is 51.8 Å². The standard InChI is InChI=1S/C20H25N3O4S/c1-14(18(25)22-11-6-3-7-12-22)28-20-21-16-9-5-4-8-15(16)19(26)23(20)13-10-17(24)27-2/h4-5,8-9,14H,3,6-7,10-13H2,1-2H3/t14-/m1/s1. The highest BCUT2D eigenvalue weighted by Gasteiger charge is 2.25. The fourth-order valence-corrected chi connectivity index (χ4v) is 4.34. The number of hydrogen-bond donors (Lipinski definition) is 0. The number of esters is 1. The highest BCUT2D eigenvalue weighted by Crippen LogP contribution is 2.25. The lowest BCUT2D eigenvalue weighted by Gasteiger charge is -2.29. The van der Waals surface area contributed by atoms with Gasteiger partial charge in [-0.05, 0) is 38.3 Å². The molecule has 1 fully saturated rings. The zero-order valence-corrected chi connectivity index (χ0v) is 17.0. The van der Waals surface area contributed by atoms with Crippen molar-refractivity contribution in [3.63, 3.8) is 0 Å². The lowest BCUT2D eigenvalue weighted by Crippen LogP contribution is -2.40. The first kappa shape index (κ1) is 20.4. The molecule has 1 atom stereocenters. The van der Waals surface area contributed by atoms with E-state index < -0.39 is 5.97 Å². The van der Waals surface area contributed by atoms with E-state index in [1.165, 1.54) is 23.4 Å². The molecule has 0 aliphatic carbocycles. The molecular weight excluding hydrogens is 378 g/mol. The average Bonchev–Trinajstić information content (AvgIpc) is 2.73. The number of likely N-dealkylation sites (tertiary alicyclic amines) is 1. The summed E-state index contributed by atoms with van der Waals surface area (Å²) in [5.41, 5.74) is 0.372. The van der Waals surface area contributed by atoms with Gasteiger partial charge in [0.1, 0.15) is 0 Å². The molecule has 8 heteroatoms. The van der Waals surface area contributed by atoms with E-state index in [1.807, 2.05) is 17.9 Å². The zero-order chi connectivity index (χ0) is 20.1. The number of hydrogen-bond acceptors (Lipinski definition) is 6. The number of piperidine rings is 1. The molecule has 1 aliphatic heterocycles. The highest BCUT2D eigenvalue weighted by molar-refractivity contribution is 8.00. The summed E-state index contributed by atoms with van der Waals surface area (Å²) in [6, 6.07) is 7.11. The van der Waals surface area contributed by atoms with Gasteiger partial charge in [0.25, 0.3) is 5.56 Å². The molecule has 3 rings (SSSR count). The van der Waals surface area contributed by atoms with Crippen LogP contribution in [0.3, 0.4) is 0 Å². The number of rotatable bonds is 6. The van der Waals surface area contributed by atoms with Crippen molar-refractivity contribution >= 4 is 34.5 Å². The smallest absolute Gasteiger partial charge is 0.307 e. The van der Waals surface area contributed by atoms with Crippen molar-refractivity contribution in [1.82, 2.24) is 14.5 Å². The quantitative estimate of drug-likeness (QED) is 0.419. The van der Waals surface area contributed by atoms with Crippen molar-refractivity contribution in [2.75, 3.05) is 20.2 Å². The molecule has 0 N–H and O–H groups in total. The van der Waals surface area contributed by atoms with Crippen molar-refractivity contribution in [3.05, 3.63) is 34.6 Å². The third-order valence-corrected chi connectivity index (χ3v) is 5.97. The molecule has 7 nitrogen and oxygen atoms in total. The second kappa shape index (κ2) is 9.23. The average molecular weight is 404 g/mol. The molecule has 2 heterocycles. The first-order valence-corrected chi connectivity index (χ1v) is 10.4. The number of methoxy groups -OCH3 is 1. The number of fused-ring (bicyclic) bond motifs is 1. The fraction of sp³-hybridized carbons (Fsp3) is 0.500. The molecule has 0 bridgehead atoms. The first-order valence-electron chi connectivity index (χ1n) is 9.53. The second-order valence-electron chi connectivity index (χ2n) is 6.84. The summed E-state index contributed by atoms with van der Waals surface area (Å²) < 4.78 is 6.17. The maximum atomic E-state index is 13.0. The maximum Gasteiger partial charge on any atom is 0.307 e. The predicted molar refractivity (Wildman–Crippen MR) is 108 cm³/mol. The molecule has 1 amide bonds. The summed E-state index contributed by atoms with van der Waals surface area (Å²) in [6.45, 7) is 3.57. The number of nitrogens with zero attached hydrogens (tertiary/aromatic N) is 3. The molecule has 0 radical (unpaired) electrons. The predicted octanol–water partition coefficient (Wildman–Crippen LogP) is 2.45. The Labute approximate surface area is 168 Å². The van der Waals surface area contributed by atoms with Crippen molar-refractivity contribution in [2.24, 2.45) is 0 Å². The van der Waals surface area contributed by atoms with E-state index in [1.54, 1.807) is 18.2 Å². The van der Waals surface area contributed by atoms with E-state index in [9.17, 15) is 14.4 Å². The second-order valence-corrected chi connectivity index (χ2v) is 8.15. The van der Waals surface area contributed by atoms with E-state index in [0.29, 0.717) is 16.1 Å². The van der Waals surface area contributed by atoms with Gasteiger partial charge < -0.3 is 9.64 Å². The summed E-state index contributed by atoms with van der Waals surface area (Å²) >= 11 is 1.27. The Morgan fingerprint density at radius 2 is 1.93 bits per heavy atom. The van der Waals surface area contributed by atoms with Crippen molar-refractivity contribution in [1.29, 1.82) is 0 Å². The van der Waals surface area contributed by atoms with Crippen molar-refractivity contribution in [2.45, 2.75) is 49.6 Å². The van der Waals surface area contributed by atoms with E-state index in [4.69, 9.17) is 4.74 Å². The fourth-order valence-electron chi connectivity index (χ4n) is 3.32. The topological polar surface area (TPSA) is 81.5 Å². The van der Waals surface area contributed by atoms with E-state index in [-0.39, 0.29) is 29.7 Å². The lowest BCUT2D eigenvalue weighted by molar-refractivity contribution is -0.141. The molecule has 0 saturated carbocycles. The van der Waals surface area contributed by atoms with Crippen LogP contribution < -0.4 is 5.56 Å². The zero-order valence-electron chi connectivity index (χ0n) is 16.2.